The van der Waals surface area contributed by atoms with Crippen LogP contribution in [0, 0.1) is 0 Å². The number of allylic oxidation sites excluding steroid dienone is 1. The SMILES string of the molecule is C[C@H](CC(=O)N1CCC(O)(CN2C=CC(Cl)=NC2)CC1)c1ccccc1. The van der Waals surface area contributed by atoms with Crippen LogP contribution in [0.5, 0.6) is 0 Å². The van der Waals surface area contributed by atoms with Crippen LogP contribution in [0.1, 0.15) is 37.7 Å². The van der Waals surface area contributed by atoms with Crippen molar-refractivity contribution in [3.05, 3.63) is 48.2 Å². The summed E-state index contributed by atoms with van der Waals surface area (Å²) < 4.78 is 0. The summed E-state index contributed by atoms with van der Waals surface area (Å²) in [6.45, 7) is 4.26. The summed E-state index contributed by atoms with van der Waals surface area (Å²) in [5.74, 6) is 0.364. The van der Waals surface area contributed by atoms with E-state index < -0.39 is 5.60 Å². The number of aliphatic imine (C=N–C) groups is 1. The second kappa shape index (κ2) is 8.23. The van der Waals surface area contributed by atoms with Crippen LogP contribution in [-0.4, -0.2) is 57.9 Å². The quantitative estimate of drug-likeness (QED) is 0.860. The predicted octanol–water partition coefficient (Wildman–Crippen LogP) is 2.96. The van der Waals surface area contributed by atoms with Gasteiger partial charge in [-0.1, -0.05) is 48.9 Å². The molecule has 0 radical (unpaired) electrons. The number of carbonyl (C=O) groups is 1. The monoisotopic (exact) mass is 375 g/mol. The van der Waals surface area contributed by atoms with Gasteiger partial charge in [-0.25, -0.2) is 0 Å². The predicted molar refractivity (Wildman–Crippen MR) is 104 cm³/mol. The molecule has 6 heteroatoms. The molecule has 1 saturated heterocycles. The number of benzene rings is 1. The highest BCUT2D eigenvalue weighted by atomic mass is 35.5. The number of likely N-dealkylation sites (tertiary alicyclic amines) is 1. The fourth-order valence-corrected chi connectivity index (χ4v) is 3.64. The molecule has 2 aliphatic rings. The van der Waals surface area contributed by atoms with E-state index in [0.29, 0.717) is 50.7 Å². The Hall–Kier alpha value is -1.85. The van der Waals surface area contributed by atoms with Crippen LogP contribution in [0.15, 0.2) is 47.6 Å². The van der Waals surface area contributed by atoms with Gasteiger partial charge in [-0.15, -0.1) is 0 Å². The van der Waals surface area contributed by atoms with Crippen molar-refractivity contribution in [3.8, 4) is 0 Å². The summed E-state index contributed by atoms with van der Waals surface area (Å²) in [6, 6.07) is 10.1. The average molecular weight is 376 g/mol. The van der Waals surface area contributed by atoms with Gasteiger partial charge in [0.15, 0.2) is 0 Å². The first-order valence-electron chi connectivity index (χ1n) is 9.12. The minimum atomic E-state index is -0.786. The van der Waals surface area contributed by atoms with E-state index in [0.717, 1.165) is 0 Å². The second-order valence-electron chi connectivity index (χ2n) is 7.31. The Morgan fingerprint density at radius 1 is 1.31 bits per heavy atom. The lowest BCUT2D eigenvalue weighted by Gasteiger charge is -2.41. The Labute approximate surface area is 160 Å². The molecule has 140 valence electrons. The topological polar surface area (TPSA) is 56.1 Å². The molecule has 0 aromatic heterocycles. The fourth-order valence-electron chi connectivity index (χ4n) is 3.53. The first-order chi connectivity index (χ1) is 12.5. The van der Waals surface area contributed by atoms with Crippen LogP contribution >= 0.6 is 11.6 Å². The molecule has 0 unspecified atom stereocenters. The van der Waals surface area contributed by atoms with Gasteiger partial charge >= 0.3 is 0 Å². The van der Waals surface area contributed by atoms with Crippen LogP contribution in [0.4, 0.5) is 0 Å². The van der Waals surface area contributed by atoms with E-state index in [4.69, 9.17) is 11.6 Å². The van der Waals surface area contributed by atoms with E-state index in [2.05, 4.69) is 24.0 Å². The number of hydrogen-bond donors (Lipinski definition) is 1. The van der Waals surface area contributed by atoms with E-state index in [-0.39, 0.29) is 11.8 Å². The van der Waals surface area contributed by atoms with Crippen LogP contribution < -0.4 is 0 Å². The van der Waals surface area contributed by atoms with E-state index in [9.17, 15) is 9.90 Å². The molecule has 0 bridgehead atoms. The van der Waals surface area contributed by atoms with Crippen LogP contribution in [0.25, 0.3) is 0 Å². The van der Waals surface area contributed by atoms with Crippen molar-refractivity contribution in [1.82, 2.24) is 9.80 Å². The van der Waals surface area contributed by atoms with E-state index in [1.54, 1.807) is 6.08 Å². The first-order valence-corrected chi connectivity index (χ1v) is 9.50. The molecule has 1 atom stereocenters. The minimum absolute atomic E-state index is 0.164. The standard InChI is InChI=1S/C20H26ClN3O2/c1-16(17-5-3-2-4-6-17)13-19(25)24-11-8-20(26,9-12-24)14-23-10-7-18(21)22-15-23/h2-7,10,16,26H,8-9,11-15H2,1H3/t16-/m1/s1. The number of nitrogens with zero attached hydrogens (tertiary/aromatic N) is 3. The van der Waals surface area contributed by atoms with Crippen molar-refractivity contribution in [2.45, 2.75) is 37.7 Å². The lowest BCUT2D eigenvalue weighted by atomic mass is 9.90. The second-order valence-corrected chi connectivity index (χ2v) is 7.69. The lowest BCUT2D eigenvalue weighted by Crippen LogP contribution is -2.51. The number of rotatable bonds is 5. The molecular weight excluding hydrogens is 350 g/mol. The average Bonchev–Trinajstić information content (AvgIpc) is 2.64. The summed E-state index contributed by atoms with van der Waals surface area (Å²) in [6.07, 6.45) is 5.27. The number of amides is 1. The smallest absolute Gasteiger partial charge is 0.223 e. The largest absolute Gasteiger partial charge is 0.388 e. The zero-order chi connectivity index (χ0) is 18.6. The molecule has 1 aromatic carbocycles. The molecule has 0 saturated carbocycles. The Morgan fingerprint density at radius 3 is 2.62 bits per heavy atom. The summed E-state index contributed by atoms with van der Waals surface area (Å²) in [4.78, 5) is 20.6. The van der Waals surface area contributed by atoms with Gasteiger partial charge in [-0.05, 0) is 30.4 Å². The molecule has 1 N–H and O–H groups in total. The van der Waals surface area contributed by atoms with Gasteiger partial charge in [0.25, 0.3) is 0 Å². The molecule has 5 nitrogen and oxygen atoms in total. The molecule has 2 aliphatic heterocycles. The third-order valence-electron chi connectivity index (χ3n) is 5.22. The lowest BCUT2D eigenvalue weighted by molar-refractivity contribution is -0.136. The zero-order valence-corrected chi connectivity index (χ0v) is 15.9. The number of hydrogen-bond acceptors (Lipinski definition) is 4. The summed E-state index contributed by atoms with van der Waals surface area (Å²) in [7, 11) is 0. The normalized spacial score (nSPS) is 20.7. The van der Waals surface area contributed by atoms with E-state index in [1.807, 2.05) is 34.2 Å². The Kier molecular flexibility index (Phi) is 5.99. The van der Waals surface area contributed by atoms with Crippen LogP contribution in [0.2, 0.25) is 0 Å². The van der Waals surface area contributed by atoms with Crippen molar-refractivity contribution in [1.29, 1.82) is 0 Å². The minimum Gasteiger partial charge on any atom is -0.388 e. The van der Waals surface area contributed by atoms with Gasteiger partial charge in [0, 0.05) is 32.3 Å². The summed E-state index contributed by atoms with van der Waals surface area (Å²) in [5, 5.41) is 11.3. The summed E-state index contributed by atoms with van der Waals surface area (Å²) >= 11 is 5.83. The number of halogens is 1. The maximum absolute atomic E-state index is 12.6. The molecule has 0 aliphatic carbocycles. The summed E-state index contributed by atoms with van der Waals surface area (Å²) in [5.41, 5.74) is 0.399. The molecule has 1 amide bonds. The maximum Gasteiger partial charge on any atom is 0.223 e. The molecule has 1 fully saturated rings. The van der Waals surface area contributed by atoms with Crippen molar-refractivity contribution >= 4 is 22.7 Å². The Morgan fingerprint density at radius 2 is 2.00 bits per heavy atom. The van der Waals surface area contributed by atoms with E-state index in [1.165, 1.54) is 5.56 Å². The Balaban J connectivity index is 1.48. The third-order valence-corrected chi connectivity index (χ3v) is 5.47. The van der Waals surface area contributed by atoms with Gasteiger partial charge in [-0.2, -0.15) is 0 Å². The van der Waals surface area contributed by atoms with Gasteiger partial charge in [0.2, 0.25) is 5.91 Å². The molecule has 1 aromatic rings. The molecule has 3 rings (SSSR count). The van der Waals surface area contributed by atoms with Crippen molar-refractivity contribution in [2.75, 3.05) is 26.3 Å². The van der Waals surface area contributed by atoms with E-state index >= 15 is 0 Å². The number of carbonyl (C=O) groups excluding carboxylic acids is 1. The fraction of sp³-hybridized carbons (Fsp3) is 0.500. The first kappa shape index (κ1) is 18.9. The van der Waals surface area contributed by atoms with Crippen molar-refractivity contribution in [3.63, 3.8) is 0 Å². The van der Waals surface area contributed by atoms with Crippen LogP contribution in [-0.2, 0) is 4.79 Å². The number of aliphatic hydroxyl groups is 1. The van der Waals surface area contributed by atoms with Gasteiger partial charge in [0.05, 0.1) is 5.60 Å². The van der Waals surface area contributed by atoms with Crippen molar-refractivity contribution in [2.24, 2.45) is 4.99 Å². The zero-order valence-electron chi connectivity index (χ0n) is 15.1. The van der Waals surface area contributed by atoms with Gasteiger partial charge < -0.3 is 14.9 Å². The molecule has 26 heavy (non-hydrogen) atoms. The molecular formula is C20H26ClN3O2. The maximum atomic E-state index is 12.6. The highest BCUT2D eigenvalue weighted by Gasteiger charge is 2.35. The van der Waals surface area contributed by atoms with Crippen LogP contribution in [0.3, 0.4) is 0 Å². The highest BCUT2D eigenvalue weighted by molar-refractivity contribution is 6.68. The molecule has 2 heterocycles. The molecule has 0 spiro atoms. The number of piperidine rings is 1. The van der Waals surface area contributed by atoms with Gasteiger partial charge in [-0.3, -0.25) is 9.79 Å². The highest BCUT2D eigenvalue weighted by Crippen LogP contribution is 2.26. The van der Waals surface area contributed by atoms with Gasteiger partial charge in [0.1, 0.15) is 11.8 Å². The Bertz CT molecular complexity index is 682. The number of β-amino-alcohol motifs (C(OH)–C–C–N with tert-alkyl or cyclic N) is 1. The third kappa shape index (κ3) is 4.86. The van der Waals surface area contributed by atoms with Crippen molar-refractivity contribution < 1.29 is 9.90 Å².